The van der Waals surface area contributed by atoms with E-state index in [0.717, 1.165) is 38.5 Å². The summed E-state index contributed by atoms with van der Waals surface area (Å²) in [5, 5.41) is 45.0. The third-order valence-electron chi connectivity index (χ3n) is 14.3. The van der Waals surface area contributed by atoms with Gasteiger partial charge in [0.2, 0.25) is 5.91 Å². The number of amides is 1. The van der Waals surface area contributed by atoms with Gasteiger partial charge in [-0.15, -0.1) is 0 Å². The van der Waals surface area contributed by atoms with Crippen LogP contribution in [0.5, 0.6) is 0 Å². The van der Waals surface area contributed by atoms with Crippen molar-refractivity contribution in [3.05, 3.63) is 12.2 Å². The van der Waals surface area contributed by atoms with Crippen LogP contribution >= 0.6 is 0 Å². The number of aliphatic hydroxyl groups excluding tert-OH is 4. The van der Waals surface area contributed by atoms with Gasteiger partial charge in [0, 0.05) is 6.42 Å². The molecule has 1 saturated heterocycles. The molecule has 1 aliphatic rings. The van der Waals surface area contributed by atoms with Gasteiger partial charge in [-0.1, -0.05) is 276 Å². The van der Waals surface area contributed by atoms with Crippen molar-refractivity contribution in [2.75, 3.05) is 13.2 Å². The number of ether oxygens (including phenoxy) is 2. The topological polar surface area (TPSA) is 192 Å². The molecule has 1 amide bonds. The van der Waals surface area contributed by atoms with Crippen LogP contribution in [0.1, 0.15) is 290 Å². The monoisotopic (exact) mass is 1020 g/mol. The van der Waals surface area contributed by atoms with Gasteiger partial charge in [0.25, 0.3) is 0 Å². The predicted octanol–water partition coefficient (Wildman–Crippen LogP) is 13.8. The molecule has 1 rings (SSSR count). The summed E-state index contributed by atoms with van der Waals surface area (Å²) in [4.78, 5) is 13.1. The van der Waals surface area contributed by atoms with Crippen LogP contribution in [0, 0.1) is 0 Å². The van der Waals surface area contributed by atoms with E-state index >= 15 is 0 Å². The van der Waals surface area contributed by atoms with Gasteiger partial charge >= 0.3 is 10.4 Å². The fraction of sp³-hybridized carbons (Fsp3) is 0.947. The number of allylic oxidation sites excluding steroid dienone is 1. The van der Waals surface area contributed by atoms with E-state index in [-0.39, 0.29) is 18.9 Å². The van der Waals surface area contributed by atoms with Crippen LogP contribution in [0.25, 0.3) is 0 Å². The van der Waals surface area contributed by atoms with Crippen molar-refractivity contribution < 1.29 is 51.8 Å². The Labute approximate surface area is 430 Å². The molecular formula is C57H111NO11S. The van der Waals surface area contributed by atoms with Crippen LogP contribution in [-0.2, 0) is 28.9 Å². The van der Waals surface area contributed by atoms with Crippen molar-refractivity contribution in [2.45, 2.75) is 333 Å². The Hall–Kier alpha value is -1.16. The first kappa shape index (κ1) is 66.9. The Morgan fingerprint density at radius 2 is 0.900 bits per heavy atom. The minimum absolute atomic E-state index is 0.255. The lowest BCUT2D eigenvalue weighted by molar-refractivity contribution is -0.298. The molecule has 416 valence electrons. The molecule has 1 fully saturated rings. The molecule has 7 unspecified atom stereocenters. The second-order valence-corrected chi connectivity index (χ2v) is 22.0. The van der Waals surface area contributed by atoms with Crippen LogP contribution in [0.2, 0.25) is 0 Å². The molecule has 0 radical (unpaired) electrons. The molecule has 1 heterocycles. The average molecular weight is 1020 g/mol. The van der Waals surface area contributed by atoms with Gasteiger partial charge < -0.3 is 35.2 Å². The Bertz CT molecular complexity index is 1290. The molecule has 6 N–H and O–H groups in total. The second kappa shape index (κ2) is 47.5. The Morgan fingerprint density at radius 1 is 0.557 bits per heavy atom. The summed E-state index contributed by atoms with van der Waals surface area (Å²) in [6.07, 6.45) is 48.3. The van der Waals surface area contributed by atoms with E-state index in [4.69, 9.17) is 9.47 Å². The third kappa shape index (κ3) is 39.3. The van der Waals surface area contributed by atoms with Gasteiger partial charge in [-0.25, -0.2) is 4.18 Å². The van der Waals surface area contributed by atoms with Crippen LogP contribution in [0.4, 0.5) is 0 Å². The number of hydrogen-bond donors (Lipinski definition) is 6. The lowest BCUT2D eigenvalue weighted by Gasteiger charge is -2.41. The molecule has 70 heavy (non-hydrogen) atoms. The minimum Gasteiger partial charge on any atom is -0.394 e. The van der Waals surface area contributed by atoms with E-state index in [9.17, 15) is 38.2 Å². The lowest BCUT2D eigenvalue weighted by atomic mass is 9.99. The highest BCUT2D eigenvalue weighted by atomic mass is 32.3. The van der Waals surface area contributed by atoms with Crippen molar-refractivity contribution in [3.63, 3.8) is 0 Å². The highest BCUT2D eigenvalue weighted by Gasteiger charge is 2.48. The van der Waals surface area contributed by atoms with Gasteiger partial charge in [0.1, 0.15) is 24.4 Å². The van der Waals surface area contributed by atoms with Crippen molar-refractivity contribution >= 4 is 16.3 Å². The molecule has 1 aliphatic heterocycles. The van der Waals surface area contributed by atoms with Crippen molar-refractivity contribution in [1.29, 1.82) is 0 Å². The molecule has 0 aromatic carbocycles. The highest BCUT2D eigenvalue weighted by molar-refractivity contribution is 7.80. The van der Waals surface area contributed by atoms with Crippen LogP contribution in [0.15, 0.2) is 12.2 Å². The number of rotatable bonds is 52. The molecule has 13 heteroatoms. The first-order valence-electron chi connectivity index (χ1n) is 29.6. The van der Waals surface area contributed by atoms with Crippen molar-refractivity contribution in [3.8, 4) is 0 Å². The number of nitrogens with one attached hydrogen (secondary N) is 1. The van der Waals surface area contributed by atoms with Gasteiger partial charge in [-0.2, -0.15) is 8.42 Å². The summed E-state index contributed by atoms with van der Waals surface area (Å²) in [7, 11) is -5.09. The van der Waals surface area contributed by atoms with E-state index < -0.39 is 59.9 Å². The maximum atomic E-state index is 13.1. The summed E-state index contributed by atoms with van der Waals surface area (Å²) in [6.45, 7) is 3.44. The molecule has 12 nitrogen and oxygen atoms in total. The first-order chi connectivity index (χ1) is 34.0. The van der Waals surface area contributed by atoms with Crippen LogP contribution < -0.4 is 5.32 Å². The summed E-state index contributed by atoms with van der Waals surface area (Å²) >= 11 is 0. The average Bonchev–Trinajstić information content (AvgIpc) is 3.33. The number of hydrogen-bond acceptors (Lipinski definition) is 10. The summed E-state index contributed by atoms with van der Waals surface area (Å²) in [5.41, 5.74) is 0. The Balaban J connectivity index is 2.32. The highest BCUT2D eigenvalue weighted by Crippen LogP contribution is 2.26. The molecule has 0 aliphatic carbocycles. The zero-order valence-electron chi connectivity index (χ0n) is 45.1. The zero-order chi connectivity index (χ0) is 51.2. The number of aliphatic hydroxyl groups is 4. The molecule has 0 spiro atoms. The number of carbonyl (C=O) groups excluding carboxylic acids is 1. The normalized spacial score (nSPS) is 19.6. The maximum absolute atomic E-state index is 13.1. The summed E-state index contributed by atoms with van der Waals surface area (Å²) in [6, 6.07) is -0.940. The SMILES string of the molecule is CCCCCCCCCCCCCCCCC/C=C/C(O)C(COC1OC(CO)C(O)C(OS(=O)(=O)O)C1O)NC(=O)CCCCCCCCCCCCCCCCCCCCCCCCCCCC. The van der Waals surface area contributed by atoms with Crippen molar-refractivity contribution in [1.82, 2.24) is 5.32 Å². The van der Waals surface area contributed by atoms with E-state index in [0.29, 0.717) is 6.42 Å². The van der Waals surface area contributed by atoms with E-state index in [1.165, 1.54) is 225 Å². The summed E-state index contributed by atoms with van der Waals surface area (Å²) in [5.74, 6) is -0.255. The molecule has 7 atom stereocenters. The summed E-state index contributed by atoms with van der Waals surface area (Å²) < 4.78 is 47.8. The Kier molecular flexibility index (Phi) is 45.4. The second-order valence-electron chi connectivity index (χ2n) is 20.9. The zero-order valence-corrected chi connectivity index (χ0v) is 45.9. The minimum atomic E-state index is -5.09. The number of unbranched alkanes of at least 4 members (excludes halogenated alkanes) is 40. The largest absolute Gasteiger partial charge is 0.397 e. The quantitative estimate of drug-likeness (QED) is 0.0193. The van der Waals surface area contributed by atoms with Gasteiger partial charge in [0.05, 0.1) is 25.4 Å². The molecular weight excluding hydrogens is 907 g/mol. The van der Waals surface area contributed by atoms with E-state index in [1.54, 1.807) is 6.08 Å². The van der Waals surface area contributed by atoms with Crippen molar-refractivity contribution in [2.24, 2.45) is 0 Å². The van der Waals surface area contributed by atoms with E-state index in [2.05, 4.69) is 23.3 Å². The smallest absolute Gasteiger partial charge is 0.394 e. The fourth-order valence-corrected chi connectivity index (χ4v) is 10.3. The van der Waals surface area contributed by atoms with Crippen LogP contribution in [0.3, 0.4) is 0 Å². The first-order valence-corrected chi connectivity index (χ1v) is 30.9. The van der Waals surface area contributed by atoms with E-state index in [1.807, 2.05) is 6.08 Å². The fourth-order valence-electron chi connectivity index (χ4n) is 9.75. The van der Waals surface area contributed by atoms with Gasteiger partial charge in [-0.3, -0.25) is 9.35 Å². The Morgan fingerprint density at radius 3 is 1.24 bits per heavy atom. The van der Waals surface area contributed by atoms with Gasteiger partial charge in [-0.05, 0) is 19.3 Å². The molecule has 0 bridgehead atoms. The number of carbonyl (C=O) groups is 1. The third-order valence-corrected chi connectivity index (χ3v) is 14.8. The van der Waals surface area contributed by atoms with Crippen LogP contribution in [-0.4, -0.2) is 95.4 Å². The van der Waals surface area contributed by atoms with Gasteiger partial charge in [0.15, 0.2) is 6.29 Å². The maximum Gasteiger partial charge on any atom is 0.397 e. The predicted molar refractivity (Wildman–Crippen MR) is 287 cm³/mol. The molecule has 0 aromatic heterocycles. The standard InChI is InChI=1S/C57H111NO11S/c1-3-5-7-9-11-13-15-17-19-21-22-23-24-25-26-27-28-29-31-33-35-37-39-41-43-45-47-53(61)58-50(49-67-57-55(63)56(69-70(64,65)66)54(62)52(48-59)68-57)51(60)46-44-42-40-38-36-34-32-30-20-18-16-14-12-10-8-6-4-2/h44,46,50-52,54-57,59-60,62-63H,3-43,45,47-49H2,1-2H3,(H,58,61)(H,64,65,66)/b46-44+. The molecule has 0 saturated carbocycles. The lowest BCUT2D eigenvalue weighted by Crippen LogP contribution is -2.61. The molecule has 0 aromatic rings.